The fraction of sp³-hybridized carbons (Fsp3) is 0.385. The van der Waals surface area contributed by atoms with Crippen molar-refractivity contribution in [3.05, 3.63) is 34.9 Å². The molecular formula is C13H16ClNO3. The molecule has 1 amide bonds. The average molecular weight is 270 g/mol. The van der Waals surface area contributed by atoms with Gasteiger partial charge in [-0.05, 0) is 25.5 Å². The highest BCUT2D eigenvalue weighted by Crippen LogP contribution is 2.21. The number of aliphatic carboxylic acids is 1. The van der Waals surface area contributed by atoms with Crippen LogP contribution in [0.3, 0.4) is 0 Å². The van der Waals surface area contributed by atoms with E-state index in [0.717, 1.165) is 0 Å². The molecule has 2 N–H and O–H groups in total. The van der Waals surface area contributed by atoms with Gasteiger partial charge in [0.25, 0.3) is 5.91 Å². The second kappa shape index (κ2) is 5.87. The van der Waals surface area contributed by atoms with E-state index in [4.69, 9.17) is 16.7 Å². The third-order valence-electron chi connectivity index (χ3n) is 3.05. The zero-order valence-electron chi connectivity index (χ0n) is 10.4. The van der Waals surface area contributed by atoms with Gasteiger partial charge >= 0.3 is 5.97 Å². The van der Waals surface area contributed by atoms with Crippen LogP contribution in [0.4, 0.5) is 0 Å². The van der Waals surface area contributed by atoms with Crippen LogP contribution in [0.2, 0.25) is 5.02 Å². The van der Waals surface area contributed by atoms with Gasteiger partial charge in [-0.2, -0.15) is 0 Å². The van der Waals surface area contributed by atoms with Gasteiger partial charge in [0.15, 0.2) is 0 Å². The molecule has 0 bridgehead atoms. The molecule has 18 heavy (non-hydrogen) atoms. The fourth-order valence-electron chi connectivity index (χ4n) is 1.37. The molecule has 0 fully saturated rings. The highest BCUT2D eigenvalue weighted by Gasteiger charge is 2.31. The third-order valence-corrected chi connectivity index (χ3v) is 3.38. The molecule has 0 aliphatic rings. The van der Waals surface area contributed by atoms with E-state index in [-0.39, 0.29) is 12.5 Å². The molecule has 0 aliphatic heterocycles. The molecule has 0 heterocycles. The van der Waals surface area contributed by atoms with E-state index in [1.165, 1.54) is 0 Å². The molecule has 0 spiro atoms. The van der Waals surface area contributed by atoms with Crippen molar-refractivity contribution in [2.24, 2.45) is 5.41 Å². The quantitative estimate of drug-likeness (QED) is 0.863. The Morgan fingerprint density at radius 1 is 1.39 bits per heavy atom. The van der Waals surface area contributed by atoms with Gasteiger partial charge in [0.2, 0.25) is 0 Å². The number of hydrogen-bond donors (Lipinski definition) is 2. The van der Waals surface area contributed by atoms with Crippen LogP contribution in [0, 0.1) is 5.41 Å². The third kappa shape index (κ3) is 3.23. The maximum Gasteiger partial charge on any atom is 0.311 e. The monoisotopic (exact) mass is 269 g/mol. The first-order valence-corrected chi connectivity index (χ1v) is 6.04. The minimum absolute atomic E-state index is 0.0723. The van der Waals surface area contributed by atoms with E-state index in [9.17, 15) is 9.59 Å². The largest absolute Gasteiger partial charge is 0.481 e. The number of carboxylic acid groups (broad SMARTS) is 1. The molecule has 0 saturated carbocycles. The second-order valence-electron chi connectivity index (χ2n) is 4.38. The summed E-state index contributed by atoms with van der Waals surface area (Å²) in [5.74, 6) is -1.29. The summed E-state index contributed by atoms with van der Waals surface area (Å²) in [5, 5.41) is 12.1. The lowest BCUT2D eigenvalue weighted by Gasteiger charge is -2.23. The summed E-state index contributed by atoms with van der Waals surface area (Å²) in [4.78, 5) is 23.0. The van der Waals surface area contributed by atoms with Crippen molar-refractivity contribution < 1.29 is 14.7 Å². The highest BCUT2D eigenvalue weighted by molar-refractivity contribution is 6.33. The van der Waals surface area contributed by atoms with Crippen LogP contribution in [0.1, 0.15) is 30.6 Å². The Morgan fingerprint density at radius 3 is 2.50 bits per heavy atom. The van der Waals surface area contributed by atoms with Crippen molar-refractivity contribution in [3.8, 4) is 0 Å². The lowest BCUT2D eigenvalue weighted by molar-refractivity contribution is -0.147. The van der Waals surface area contributed by atoms with Crippen LogP contribution in [0.15, 0.2) is 24.3 Å². The first kappa shape index (κ1) is 14.5. The number of carbonyl (C=O) groups is 2. The summed E-state index contributed by atoms with van der Waals surface area (Å²) in [5.41, 5.74) is -0.611. The molecule has 1 aromatic carbocycles. The Kier molecular flexibility index (Phi) is 4.73. The Bertz CT molecular complexity index is 461. The minimum atomic E-state index is -0.961. The minimum Gasteiger partial charge on any atom is -0.481 e. The van der Waals surface area contributed by atoms with E-state index in [1.54, 1.807) is 38.1 Å². The molecule has 1 atom stereocenters. The Labute approximate surface area is 111 Å². The molecule has 1 unspecified atom stereocenters. The fourth-order valence-corrected chi connectivity index (χ4v) is 1.59. The van der Waals surface area contributed by atoms with Gasteiger partial charge in [-0.1, -0.05) is 30.7 Å². The second-order valence-corrected chi connectivity index (χ2v) is 4.79. The van der Waals surface area contributed by atoms with Crippen LogP contribution < -0.4 is 5.32 Å². The highest BCUT2D eigenvalue weighted by atomic mass is 35.5. The van der Waals surface area contributed by atoms with Crippen LogP contribution >= 0.6 is 11.6 Å². The average Bonchev–Trinajstić information content (AvgIpc) is 2.35. The van der Waals surface area contributed by atoms with Gasteiger partial charge in [-0.25, -0.2) is 0 Å². The predicted octanol–water partition coefficient (Wildman–Crippen LogP) is 2.57. The molecule has 0 radical (unpaired) electrons. The Balaban J connectivity index is 2.73. The molecule has 4 nitrogen and oxygen atoms in total. The van der Waals surface area contributed by atoms with E-state index in [1.807, 2.05) is 0 Å². The smallest absolute Gasteiger partial charge is 0.311 e. The Morgan fingerprint density at radius 2 is 2.00 bits per heavy atom. The van der Waals surface area contributed by atoms with E-state index in [2.05, 4.69) is 5.32 Å². The van der Waals surface area contributed by atoms with Gasteiger partial charge in [0.05, 0.1) is 16.0 Å². The zero-order chi connectivity index (χ0) is 13.8. The van der Waals surface area contributed by atoms with Crippen molar-refractivity contribution >= 4 is 23.5 Å². The summed E-state index contributed by atoms with van der Waals surface area (Å²) in [6.45, 7) is 3.45. The van der Waals surface area contributed by atoms with E-state index < -0.39 is 11.4 Å². The number of halogens is 1. The van der Waals surface area contributed by atoms with Crippen molar-refractivity contribution in [2.75, 3.05) is 6.54 Å². The molecule has 98 valence electrons. The van der Waals surface area contributed by atoms with Crippen LogP contribution in [0.5, 0.6) is 0 Å². The normalized spacial score (nSPS) is 13.7. The molecule has 5 heteroatoms. The van der Waals surface area contributed by atoms with Crippen LogP contribution in [0.25, 0.3) is 0 Å². The molecular weight excluding hydrogens is 254 g/mol. The van der Waals surface area contributed by atoms with Gasteiger partial charge in [0.1, 0.15) is 0 Å². The number of hydrogen-bond acceptors (Lipinski definition) is 2. The number of carbonyl (C=O) groups excluding carboxylic acids is 1. The number of amides is 1. The summed E-state index contributed by atoms with van der Waals surface area (Å²) < 4.78 is 0. The molecule has 0 aromatic heterocycles. The molecule has 1 aromatic rings. The van der Waals surface area contributed by atoms with Crippen molar-refractivity contribution in [1.82, 2.24) is 5.32 Å². The number of nitrogens with one attached hydrogen (secondary N) is 1. The number of rotatable bonds is 5. The lowest BCUT2D eigenvalue weighted by atomic mass is 9.87. The predicted molar refractivity (Wildman–Crippen MR) is 69.8 cm³/mol. The van der Waals surface area contributed by atoms with Crippen molar-refractivity contribution in [3.63, 3.8) is 0 Å². The van der Waals surface area contributed by atoms with Crippen molar-refractivity contribution in [1.29, 1.82) is 0 Å². The van der Waals surface area contributed by atoms with Gasteiger partial charge in [-0.3, -0.25) is 9.59 Å². The van der Waals surface area contributed by atoms with Gasteiger partial charge in [-0.15, -0.1) is 0 Å². The van der Waals surface area contributed by atoms with Crippen LogP contribution in [-0.2, 0) is 4.79 Å². The van der Waals surface area contributed by atoms with Gasteiger partial charge in [0, 0.05) is 6.54 Å². The first-order valence-electron chi connectivity index (χ1n) is 5.67. The van der Waals surface area contributed by atoms with Gasteiger partial charge < -0.3 is 10.4 Å². The standard InChI is InChI=1S/C13H16ClNO3/c1-3-13(2,12(17)18)8-15-11(16)9-6-4-5-7-10(9)14/h4-7H,3,8H2,1-2H3,(H,15,16)(H,17,18). The van der Waals surface area contributed by atoms with E-state index in [0.29, 0.717) is 17.0 Å². The Hall–Kier alpha value is -1.55. The maximum absolute atomic E-state index is 11.9. The van der Waals surface area contributed by atoms with Crippen molar-refractivity contribution in [2.45, 2.75) is 20.3 Å². The summed E-state index contributed by atoms with van der Waals surface area (Å²) in [6, 6.07) is 6.65. The SMILES string of the molecule is CCC(C)(CNC(=O)c1ccccc1Cl)C(=O)O. The molecule has 1 rings (SSSR count). The topological polar surface area (TPSA) is 66.4 Å². The van der Waals surface area contributed by atoms with E-state index >= 15 is 0 Å². The zero-order valence-corrected chi connectivity index (χ0v) is 11.1. The summed E-state index contributed by atoms with van der Waals surface area (Å²) in [6.07, 6.45) is 0.436. The molecule has 0 aliphatic carbocycles. The molecule has 0 saturated heterocycles. The maximum atomic E-state index is 11.9. The lowest BCUT2D eigenvalue weighted by Crippen LogP contribution is -2.40. The first-order chi connectivity index (χ1) is 8.40. The number of benzene rings is 1. The van der Waals surface area contributed by atoms with Crippen LogP contribution in [-0.4, -0.2) is 23.5 Å². The summed E-state index contributed by atoms with van der Waals surface area (Å²) >= 11 is 5.89. The number of carboxylic acids is 1. The summed E-state index contributed by atoms with van der Waals surface area (Å²) in [7, 11) is 0.